The van der Waals surface area contributed by atoms with Gasteiger partial charge in [-0.2, -0.15) is 0 Å². The predicted octanol–water partition coefficient (Wildman–Crippen LogP) is 3.64. The molecule has 0 radical (unpaired) electrons. The maximum absolute atomic E-state index is 12.3. The van der Waals surface area contributed by atoms with E-state index >= 15 is 0 Å². The van der Waals surface area contributed by atoms with Crippen molar-refractivity contribution >= 4 is 23.1 Å². The zero-order valence-electron chi connectivity index (χ0n) is 14.3. The highest BCUT2D eigenvalue weighted by Gasteiger charge is 2.34. The fraction of sp³-hybridized carbons (Fsp3) is 0.400. The molecule has 1 saturated carbocycles. The first-order valence-electron chi connectivity index (χ1n) is 9.08. The van der Waals surface area contributed by atoms with Crippen LogP contribution in [0.5, 0.6) is 0 Å². The molecule has 1 amide bonds. The van der Waals surface area contributed by atoms with E-state index in [4.69, 9.17) is 0 Å². The molecule has 3 fully saturated rings. The highest BCUT2D eigenvalue weighted by molar-refractivity contribution is 5.92. The summed E-state index contributed by atoms with van der Waals surface area (Å²) in [5.74, 6) is 1.61. The van der Waals surface area contributed by atoms with E-state index in [1.165, 1.54) is 25.7 Å². The van der Waals surface area contributed by atoms with Crippen LogP contribution < -0.4 is 10.6 Å². The number of carbonyl (C=O) groups is 1. The number of rotatable bonds is 5. The van der Waals surface area contributed by atoms with E-state index in [1.54, 1.807) is 6.20 Å². The number of pyridine rings is 1. The first kappa shape index (κ1) is 16.1. The smallest absolute Gasteiger partial charge is 0.238 e. The van der Waals surface area contributed by atoms with Gasteiger partial charge in [-0.3, -0.25) is 9.69 Å². The lowest BCUT2D eigenvalue weighted by molar-refractivity contribution is -0.119. The van der Waals surface area contributed by atoms with Crippen molar-refractivity contribution in [2.45, 2.75) is 31.7 Å². The minimum Gasteiger partial charge on any atom is -0.340 e. The molecular formula is C20H24N4O. The predicted molar refractivity (Wildman–Crippen MR) is 99.9 cm³/mol. The molecule has 2 aromatic rings. The van der Waals surface area contributed by atoms with Gasteiger partial charge in [-0.1, -0.05) is 18.2 Å². The number of carbonyl (C=O) groups excluding carboxylic acids is 1. The minimum atomic E-state index is 0.0538. The maximum atomic E-state index is 12.3. The number of nitrogens with zero attached hydrogens (tertiary/aromatic N) is 2. The maximum Gasteiger partial charge on any atom is 0.238 e. The lowest BCUT2D eigenvalue weighted by Gasteiger charge is -2.44. The van der Waals surface area contributed by atoms with E-state index in [9.17, 15) is 4.79 Å². The molecule has 0 unspecified atom stereocenters. The second kappa shape index (κ2) is 7.23. The first-order valence-corrected chi connectivity index (χ1v) is 9.08. The Labute approximate surface area is 148 Å². The fourth-order valence-corrected chi connectivity index (χ4v) is 3.96. The number of benzene rings is 1. The summed E-state index contributed by atoms with van der Waals surface area (Å²) in [6.45, 7) is 1.57. The van der Waals surface area contributed by atoms with Crippen LogP contribution in [-0.4, -0.2) is 34.9 Å². The summed E-state index contributed by atoms with van der Waals surface area (Å²) in [6, 6.07) is 14.3. The molecule has 2 aliphatic heterocycles. The molecule has 130 valence electrons. The molecule has 1 aliphatic carbocycles. The Morgan fingerprint density at radius 1 is 1.04 bits per heavy atom. The van der Waals surface area contributed by atoms with E-state index in [2.05, 4.69) is 20.5 Å². The molecule has 3 heterocycles. The van der Waals surface area contributed by atoms with Gasteiger partial charge < -0.3 is 10.6 Å². The molecule has 5 nitrogen and oxygen atoms in total. The molecule has 2 N–H and O–H groups in total. The van der Waals surface area contributed by atoms with E-state index in [-0.39, 0.29) is 5.91 Å². The molecule has 0 atom stereocenters. The Bertz CT molecular complexity index is 708. The molecule has 2 bridgehead atoms. The van der Waals surface area contributed by atoms with Crippen molar-refractivity contribution < 1.29 is 4.79 Å². The van der Waals surface area contributed by atoms with Gasteiger partial charge in [0.1, 0.15) is 5.82 Å². The Balaban J connectivity index is 1.31. The molecule has 25 heavy (non-hydrogen) atoms. The van der Waals surface area contributed by atoms with Gasteiger partial charge in [0.05, 0.1) is 18.4 Å². The monoisotopic (exact) mass is 336 g/mol. The van der Waals surface area contributed by atoms with Crippen LogP contribution in [0.2, 0.25) is 0 Å². The SMILES string of the molecule is O=C(CN1CC2CCC1CC2)Nc1ccc(Nc2ccccc2)nc1. The van der Waals surface area contributed by atoms with Gasteiger partial charge in [0.2, 0.25) is 5.91 Å². The van der Waals surface area contributed by atoms with Gasteiger partial charge in [-0.25, -0.2) is 4.98 Å². The summed E-state index contributed by atoms with van der Waals surface area (Å²) in [5.41, 5.74) is 1.73. The van der Waals surface area contributed by atoms with Crippen molar-refractivity contribution in [3.63, 3.8) is 0 Å². The van der Waals surface area contributed by atoms with Crippen molar-refractivity contribution in [2.75, 3.05) is 23.7 Å². The average molecular weight is 336 g/mol. The van der Waals surface area contributed by atoms with Crippen LogP contribution in [0, 0.1) is 5.92 Å². The average Bonchev–Trinajstić information content (AvgIpc) is 2.65. The van der Waals surface area contributed by atoms with Gasteiger partial charge >= 0.3 is 0 Å². The van der Waals surface area contributed by atoms with Crippen LogP contribution in [0.1, 0.15) is 25.7 Å². The van der Waals surface area contributed by atoms with Crippen LogP contribution >= 0.6 is 0 Å². The third-order valence-electron chi connectivity index (χ3n) is 5.27. The number of piperidine rings is 2. The third-order valence-corrected chi connectivity index (χ3v) is 5.27. The van der Waals surface area contributed by atoms with Crippen molar-refractivity contribution in [3.8, 4) is 0 Å². The number of nitrogens with one attached hydrogen (secondary N) is 2. The van der Waals surface area contributed by atoms with E-state index in [1.807, 2.05) is 42.5 Å². The number of para-hydroxylation sites is 1. The van der Waals surface area contributed by atoms with E-state index in [0.29, 0.717) is 12.6 Å². The fourth-order valence-electron chi connectivity index (χ4n) is 3.96. The van der Waals surface area contributed by atoms with Crippen molar-refractivity contribution in [2.24, 2.45) is 5.92 Å². The Morgan fingerprint density at radius 2 is 1.84 bits per heavy atom. The summed E-state index contributed by atoms with van der Waals surface area (Å²) >= 11 is 0. The highest BCUT2D eigenvalue weighted by Crippen LogP contribution is 2.34. The highest BCUT2D eigenvalue weighted by atomic mass is 16.2. The summed E-state index contributed by atoms with van der Waals surface area (Å²) < 4.78 is 0. The largest absolute Gasteiger partial charge is 0.340 e. The lowest BCUT2D eigenvalue weighted by atomic mass is 9.80. The normalized spacial score (nSPS) is 22.6. The molecule has 3 aliphatic rings. The van der Waals surface area contributed by atoms with Crippen molar-refractivity contribution in [3.05, 3.63) is 48.7 Å². The quantitative estimate of drug-likeness (QED) is 0.875. The van der Waals surface area contributed by atoms with E-state index in [0.717, 1.165) is 29.7 Å². The summed E-state index contributed by atoms with van der Waals surface area (Å²) in [4.78, 5) is 19.1. The van der Waals surface area contributed by atoms with Crippen molar-refractivity contribution in [1.29, 1.82) is 0 Å². The standard InChI is InChI=1S/C20H24N4O/c25-20(14-24-13-15-6-9-18(24)10-7-15)23-17-8-11-19(21-12-17)22-16-4-2-1-3-5-16/h1-5,8,11-12,15,18H,6-7,9-10,13-14H2,(H,21,22)(H,23,25). The zero-order chi connectivity index (χ0) is 17.1. The molecular weight excluding hydrogens is 312 g/mol. The molecule has 2 saturated heterocycles. The van der Waals surface area contributed by atoms with Crippen LogP contribution in [0.4, 0.5) is 17.2 Å². The molecule has 0 spiro atoms. The zero-order valence-corrected chi connectivity index (χ0v) is 14.3. The molecule has 5 rings (SSSR count). The van der Waals surface area contributed by atoms with Gasteiger partial charge in [-0.15, -0.1) is 0 Å². The number of fused-ring (bicyclic) bond motifs is 3. The Hall–Kier alpha value is -2.40. The topological polar surface area (TPSA) is 57.3 Å². The summed E-state index contributed by atoms with van der Waals surface area (Å²) in [6.07, 6.45) is 6.87. The number of hydrogen-bond donors (Lipinski definition) is 2. The summed E-state index contributed by atoms with van der Waals surface area (Å²) in [5, 5.41) is 6.21. The number of anilines is 3. The van der Waals surface area contributed by atoms with Crippen molar-refractivity contribution in [1.82, 2.24) is 9.88 Å². The molecule has 5 heteroatoms. The number of hydrogen-bond acceptors (Lipinski definition) is 4. The van der Waals surface area contributed by atoms with Gasteiger partial charge in [0, 0.05) is 18.3 Å². The minimum absolute atomic E-state index is 0.0538. The van der Waals surface area contributed by atoms with Gasteiger partial charge in [0.25, 0.3) is 0 Å². The van der Waals surface area contributed by atoms with Gasteiger partial charge in [0.15, 0.2) is 0 Å². The van der Waals surface area contributed by atoms with E-state index < -0.39 is 0 Å². The number of amides is 1. The van der Waals surface area contributed by atoms with Gasteiger partial charge in [-0.05, 0) is 55.9 Å². The second-order valence-corrected chi connectivity index (χ2v) is 7.08. The van der Waals surface area contributed by atoms with Crippen LogP contribution in [0.3, 0.4) is 0 Å². The Morgan fingerprint density at radius 3 is 2.48 bits per heavy atom. The Kier molecular flexibility index (Phi) is 4.65. The third kappa shape index (κ3) is 3.99. The van der Waals surface area contributed by atoms with Crippen LogP contribution in [-0.2, 0) is 4.79 Å². The number of aromatic nitrogens is 1. The summed E-state index contributed by atoms with van der Waals surface area (Å²) in [7, 11) is 0. The molecule has 1 aromatic heterocycles. The second-order valence-electron chi connectivity index (χ2n) is 7.08. The van der Waals surface area contributed by atoms with Crippen LogP contribution in [0.15, 0.2) is 48.7 Å². The molecule has 1 aromatic carbocycles. The first-order chi connectivity index (χ1) is 12.3. The van der Waals surface area contributed by atoms with Crippen LogP contribution in [0.25, 0.3) is 0 Å². The lowest BCUT2D eigenvalue weighted by Crippen LogP contribution is -2.50.